The Morgan fingerprint density at radius 2 is 1.87 bits per heavy atom. The molecule has 0 bridgehead atoms. The minimum Gasteiger partial charge on any atom is -0.469 e. The number of methoxy groups -OCH3 is 1. The zero-order chi connectivity index (χ0) is 16.8. The van der Waals surface area contributed by atoms with Crippen LogP contribution in [0.25, 0.3) is 11.4 Å². The molecule has 1 heterocycles. The van der Waals surface area contributed by atoms with Gasteiger partial charge in [0.15, 0.2) is 5.82 Å². The minimum atomic E-state index is -0.287. The third-order valence-electron chi connectivity index (χ3n) is 3.99. The smallest absolute Gasteiger partial charge is 0.313 e. The van der Waals surface area contributed by atoms with Crippen molar-refractivity contribution in [2.45, 2.75) is 46.0 Å². The van der Waals surface area contributed by atoms with Gasteiger partial charge in [0.05, 0.1) is 13.0 Å². The van der Waals surface area contributed by atoms with Crippen molar-refractivity contribution in [1.82, 2.24) is 9.97 Å². The summed E-state index contributed by atoms with van der Waals surface area (Å²) >= 11 is 0. The van der Waals surface area contributed by atoms with Crippen molar-refractivity contribution in [2.75, 3.05) is 7.11 Å². The molecule has 0 amide bonds. The Bertz CT molecular complexity index is 669. The second kappa shape index (κ2) is 7.86. The SMILES string of the molecule is CCCC(C(=O)OC)c1c(C)nc(-c2ccccc2)nc1CC. The van der Waals surface area contributed by atoms with Gasteiger partial charge in [-0.1, -0.05) is 50.6 Å². The molecule has 2 rings (SSSR count). The molecule has 1 aromatic carbocycles. The summed E-state index contributed by atoms with van der Waals surface area (Å²) in [7, 11) is 1.44. The number of nitrogens with zero attached hydrogens (tertiary/aromatic N) is 2. The number of esters is 1. The largest absolute Gasteiger partial charge is 0.469 e. The van der Waals surface area contributed by atoms with Gasteiger partial charge in [-0.05, 0) is 19.8 Å². The molecule has 0 aliphatic rings. The van der Waals surface area contributed by atoms with E-state index in [9.17, 15) is 4.79 Å². The average Bonchev–Trinajstić information content (AvgIpc) is 2.59. The van der Waals surface area contributed by atoms with E-state index in [1.54, 1.807) is 0 Å². The van der Waals surface area contributed by atoms with Gasteiger partial charge in [-0.2, -0.15) is 0 Å². The van der Waals surface area contributed by atoms with Gasteiger partial charge in [-0.25, -0.2) is 9.97 Å². The number of aryl methyl sites for hydroxylation is 2. The summed E-state index contributed by atoms with van der Waals surface area (Å²) in [5.74, 6) is 0.217. The lowest BCUT2D eigenvalue weighted by molar-refractivity contribution is -0.142. The molecule has 0 spiro atoms. The predicted molar refractivity (Wildman–Crippen MR) is 91.2 cm³/mol. The summed E-state index contributed by atoms with van der Waals surface area (Å²) < 4.78 is 4.99. The second-order valence-electron chi connectivity index (χ2n) is 5.58. The number of rotatable bonds is 6. The van der Waals surface area contributed by atoms with Crippen LogP contribution < -0.4 is 0 Å². The molecule has 2 aromatic rings. The van der Waals surface area contributed by atoms with Gasteiger partial charge >= 0.3 is 5.97 Å². The number of ether oxygens (including phenoxy) is 1. The van der Waals surface area contributed by atoms with Crippen molar-refractivity contribution in [3.63, 3.8) is 0 Å². The molecule has 0 saturated heterocycles. The lowest BCUT2D eigenvalue weighted by Crippen LogP contribution is -2.19. The number of carbonyl (C=O) groups excluding carboxylic acids is 1. The fourth-order valence-electron chi connectivity index (χ4n) is 2.89. The molecule has 0 aliphatic carbocycles. The molecule has 0 N–H and O–H groups in total. The van der Waals surface area contributed by atoms with Crippen LogP contribution in [0.1, 0.15) is 49.6 Å². The summed E-state index contributed by atoms with van der Waals surface area (Å²) in [6.07, 6.45) is 2.41. The van der Waals surface area contributed by atoms with Gasteiger partial charge in [-0.15, -0.1) is 0 Å². The monoisotopic (exact) mass is 312 g/mol. The van der Waals surface area contributed by atoms with Crippen LogP contribution in [0.15, 0.2) is 30.3 Å². The predicted octanol–water partition coefficient (Wildman–Crippen LogP) is 4.07. The first kappa shape index (κ1) is 17.1. The van der Waals surface area contributed by atoms with Crippen molar-refractivity contribution >= 4 is 5.97 Å². The normalized spacial score (nSPS) is 12.0. The maximum atomic E-state index is 12.2. The first-order chi connectivity index (χ1) is 11.1. The van der Waals surface area contributed by atoms with Crippen LogP contribution >= 0.6 is 0 Å². The minimum absolute atomic E-state index is 0.208. The number of benzene rings is 1. The standard InChI is InChI=1S/C19H24N2O2/c1-5-10-15(19(22)23-4)17-13(3)20-18(21-16(17)6-2)14-11-8-7-9-12-14/h7-9,11-12,15H,5-6,10H2,1-4H3. The van der Waals surface area contributed by atoms with Crippen LogP contribution in [0, 0.1) is 6.92 Å². The number of carbonyl (C=O) groups is 1. The molecular formula is C19H24N2O2. The molecule has 0 saturated carbocycles. The molecule has 1 aromatic heterocycles. The highest BCUT2D eigenvalue weighted by atomic mass is 16.5. The van der Waals surface area contributed by atoms with Gasteiger partial charge in [0.2, 0.25) is 0 Å². The summed E-state index contributed by atoms with van der Waals surface area (Å²) in [5.41, 5.74) is 3.71. The summed E-state index contributed by atoms with van der Waals surface area (Å²) in [6, 6.07) is 9.92. The highest BCUT2D eigenvalue weighted by Crippen LogP contribution is 2.29. The van der Waals surface area contributed by atoms with Gasteiger partial charge in [0.25, 0.3) is 0 Å². The van der Waals surface area contributed by atoms with Crippen LogP contribution in [0.2, 0.25) is 0 Å². The Kier molecular flexibility index (Phi) is 5.85. The van der Waals surface area contributed by atoms with Gasteiger partial charge in [-0.3, -0.25) is 4.79 Å². The molecule has 122 valence electrons. The summed E-state index contributed by atoms with van der Waals surface area (Å²) in [6.45, 7) is 6.07. The van der Waals surface area contributed by atoms with Gasteiger partial charge < -0.3 is 4.74 Å². The van der Waals surface area contributed by atoms with E-state index >= 15 is 0 Å². The number of aromatic nitrogens is 2. The Morgan fingerprint density at radius 1 is 1.17 bits per heavy atom. The summed E-state index contributed by atoms with van der Waals surface area (Å²) in [4.78, 5) is 21.6. The van der Waals surface area contributed by atoms with Crippen molar-refractivity contribution in [1.29, 1.82) is 0 Å². The van der Waals surface area contributed by atoms with Crippen LogP contribution in [0.4, 0.5) is 0 Å². The molecule has 23 heavy (non-hydrogen) atoms. The Hall–Kier alpha value is -2.23. The lowest BCUT2D eigenvalue weighted by atomic mass is 9.91. The lowest BCUT2D eigenvalue weighted by Gasteiger charge is -2.19. The van der Waals surface area contributed by atoms with E-state index in [4.69, 9.17) is 9.72 Å². The zero-order valence-electron chi connectivity index (χ0n) is 14.3. The fraction of sp³-hybridized carbons (Fsp3) is 0.421. The average molecular weight is 312 g/mol. The van der Waals surface area contributed by atoms with E-state index in [1.165, 1.54) is 7.11 Å². The van der Waals surface area contributed by atoms with E-state index in [0.717, 1.165) is 41.8 Å². The van der Waals surface area contributed by atoms with Crippen molar-refractivity contribution in [3.8, 4) is 11.4 Å². The molecular weight excluding hydrogens is 288 g/mol. The van der Waals surface area contributed by atoms with Crippen molar-refractivity contribution in [3.05, 3.63) is 47.3 Å². The molecule has 0 aliphatic heterocycles. The van der Waals surface area contributed by atoms with Gasteiger partial charge in [0, 0.05) is 22.5 Å². The second-order valence-corrected chi connectivity index (χ2v) is 5.58. The first-order valence-electron chi connectivity index (χ1n) is 8.12. The Labute approximate surface area is 137 Å². The quantitative estimate of drug-likeness (QED) is 0.754. The Morgan fingerprint density at radius 3 is 2.43 bits per heavy atom. The van der Waals surface area contributed by atoms with Crippen LogP contribution in [-0.2, 0) is 16.0 Å². The van der Waals surface area contributed by atoms with Crippen LogP contribution in [0.3, 0.4) is 0 Å². The molecule has 0 radical (unpaired) electrons. The van der Waals surface area contributed by atoms with E-state index in [2.05, 4.69) is 18.8 Å². The van der Waals surface area contributed by atoms with Crippen LogP contribution in [0.5, 0.6) is 0 Å². The van der Waals surface area contributed by atoms with E-state index in [-0.39, 0.29) is 11.9 Å². The molecule has 1 unspecified atom stereocenters. The Balaban J connectivity index is 2.54. The van der Waals surface area contributed by atoms with Gasteiger partial charge in [0.1, 0.15) is 0 Å². The highest BCUT2D eigenvalue weighted by Gasteiger charge is 2.26. The van der Waals surface area contributed by atoms with Crippen LogP contribution in [-0.4, -0.2) is 23.0 Å². The zero-order valence-corrected chi connectivity index (χ0v) is 14.3. The number of hydrogen-bond acceptors (Lipinski definition) is 4. The third-order valence-corrected chi connectivity index (χ3v) is 3.99. The third kappa shape index (κ3) is 3.76. The molecule has 0 fully saturated rings. The first-order valence-corrected chi connectivity index (χ1v) is 8.12. The van der Waals surface area contributed by atoms with E-state index < -0.39 is 0 Å². The topological polar surface area (TPSA) is 52.1 Å². The van der Waals surface area contributed by atoms with E-state index in [0.29, 0.717) is 5.82 Å². The maximum absolute atomic E-state index is 12.2. The van der Waals surface area contributed by atoms with Crippen molar-refractivity contribution in [2.24, 2.45) is 0 Å². The number of hydrogen-bond donors (Lipinski definition) is 0. The molecule has 4 nitrogen and oxygen atoms in total. The van der Waals surface area contributed by atoms with E-state index in [1.807, 2.05) is 37.3 Å². The molecule has 1 atom stereocenters. The fourth-order valence-corrected chi connectivity index (χ4v) is 2.89. The maximum Gasteiger partial charge on any atom is 0.313 e. The summed E-state index contributed by atoms with van der Waals surface area (Å²) in [5, 5.41) is 0. The molecule has 4 heteroatoms. The van der Waals surface area contributed by atoms with Crippen molar-refractivity contribution < 1.29 is 9.53 Å². The highest BCUT2D eigenvalue weighted by molar-refractivity contribution is 5.79.